The van der Waals surface area contributed by atoms with Crippen molar-refractivity contribution >= 4 is 11.6 Å². The van der Waals surface area contributed by atoms with E-state index in [1.54, 1.807) is 6.26 Å². The third kappa shape index (κ3) is 4.50. The lowest BCUT2D eigenvalue weighted by molar-refractivity contribution is -0.706. The fourth-order valence-corrected chi connectivity index (χ4v) is 3.58. The highest BCUT2D eigenvalue weighted by molar-refractivity contribution is 5.97. The predicted octanol–water partition coefficient (Wildman–Crippen LogP) is 4.63. The Morgan fingerprint density at radius 1 is 0.833 bits per heavy atom. The number of para-hydroxylation sites is 1. The van der Waals surface area contributed by atoms with Crippen LogP contribution in [0.15, 0.2) is 108 Å². The quantitative estimate of drug-likeness (QED) is 0.478. The van der Waals surface area contributed by atoms with E-state index >= 15 is 0 Å². The molecular formula is C26H25N2O2+. The molecule has 2 atom stereocenters. The van der Waals surface area contributed by atoms with Crippen molar-refractivity contribution in [1.29, 1.82) is 0 Å². The second kappa shape index (κ2) is 9.25. The molecule has 1 amide bonds. The topological polar surface area (TPSA) is 58.9 Å². The van der Waals surface area contributed by atoms with Gasteiger partial charge in [0, 0.05) is 16.8 Å². The summed E-state index contributed by atoms with van der Waals surface area (Å²) in [4.78, 5) is 13.1. The van der Waals surface area contributed by atoms with E-state index in [2.05, 4.69) is 17.4 Å². The Hall–Kier alpha value is -3.63. The minimum Gasteiger partial charge on any atom is -0.463 e. The van der Waals surface area contributed by atoms with Gasteiger partial charge in [0.05, 0.1) is 6.26 Å². The van der Waals surface area contributed by atoms with Crippen LogP contribution in [0.3, 0.4) is 0 Å². The van der Waals surface area contributed by atoms with Gasteiger partial charge in [-0.2, -0.15) is 0 Å². The van der Waals surface area contributed by atoms with E-state index in [1.165, 1.54) is 0 Å². The molecule has 4 nitrogen and oxygen atoms in total. The predicted molar refractivity (Wildman–Crippen MR) is 119 cm³/mol. The molecule has 0 bridgehead atoms. The van der Waals surface area contributed by atoms with Gasteiger partial charge in [0.2, 0.25) is 0 Å². The maximum absolute atomic E-state index is 13.1. The first kappa shape index (κ1) is 19.7. The lowest BCUT2D eigenvalue weighted by Crippen LogP contribution is -2.92. The first-order valence-electron chi connectivity index (χ1n) is 10.1. The maximum Gasteiger partial charge on any atom is 0.282 e. The maximum atomic E-state index is 13.1. The van der Waals surface area contributed by atoms with Crippen molar-refractivity contribution in [3.05, 3.63) is 115 Å². The SMILES string of the molecule is C[C@@H]([NH2+][C@@H](c1ccccc1)c1ccco1)C(=O)Nc1ccccc1-c1ccccc1. The fourth-order valence-electron chi connectivity index (χ4n) is 3.58. The number of hydrogen-bond donors (Lipinski definition) is 2. The lowest BCUT2D eigenvalue weighted by Gasteiger charge is -2.19. The van der Waals surface area contributed by atoms with E-state index in [-0.39, 0.29) is 18.0 Å². The number of rotatable bonds is 7. The van der Waals surface area contributed by atoms with Crippen molar-refractivity contribution in [2.45, 2.75) is 19.0 Å². The van der Waals surface area contributed by atoms with Crippen molar-refractivity contribution in [3.63, 3.8) is 0 Å². The molecule has 3 aromatic carbocycles. The number of amides is 1. The molecule has 4 heteroatoms. The lowest BCUT2D eigenvalue weighted by atomic mass is 10.0. The van der Waals surface area contributed by atoms with Gasteiger partial charge in [0.25, 0.3) is 5.91 Å². The highest BCUT2D eigenvalue weighted by atomic mass is 16.3. The number of anilines is 1. The molecule has 1 aromatic heterocycles. The van der Waals surface area contributed by atoms with E-state index in [1.807, 2.05) is 97.2 Å². The number of quaternary nitrogens is 1. The standard InChI is InChI=1S/C26H24N2O2/c1-19(27-25(24-17-10-18-30-24)21-13-6-3-7-14-21)26(29)28-23-16-9-8-15-22(23)20-11-4-2-5-12-20/h2-19,25,27H,1H3,(H,28,29)/p+1/t19-,25+/m1/s1. The average Bonchev–Trinajstić information content (AvgIpc) is 3.33. The Morgan fingerprint density at radius 2 is 1.50 bits per heavy atom. The van der Waals surface area contributed by atoms with Gasteiger partial charge in [-0.25, -0.2) is 0 Å². The second-order valence-electron chi connectivity index (χ2n) is 7.29. The molecule has 0 radical (unpaired) electrons. The van der Waals surface area contributed by atoms with Gasteiger partial charge < -0.3 is 15.1 Å². The van der Waals surface area contributed by atoms with Gasteiger partial charge >= 0.3 is 0 Å². The Morgan fingerprint density at radius 3 is 2.20 bits per heavy atom. The summed E-state index contributed by atoms with van der Waals surface area (Å²) in [5, 5.41) is 5.15. The molecule has 3 N–H and O–H groups in total. The van der Waals surface area contributed by atoms with Crippen LogP contribution in [0, 0.1) is 0 Å². The van der Waals surface area contributed by atoms with Crippen LogP contribution in [0.4, 0.5) is 5.69 Å². The Labute approximate surface area is 176 Å². The zero-order chi connectivity index (χ0) is 20.8. The van der Waals surface area contributed by atoms with Crippen LogP contribution in [0.2, 0.25) is 0 Å². The third-order valence-corrected chi connectivity index (χ3v) is 5.17. The summed E-state index contributed by atoms with van der Waals surface area (Å²) < 4.78 is 5.66. The minimum absolute atomic E-state index is 0.0501. The molecule has 1 heterocycles. The van der Waals surface area contributed by atoms with Crippen LogP contribution in [0.5, 0.6) is 0 Å². The van der Waals surface area contributed by atoms with Crippen molar-refractivity contribution in [2.24, 2.45) is 0 Å². The van der Waals surface area contributed by atoms with Crippen LogP contribution in [0.1, 0.15) is 24.3 Å². The second-order valence-corrected chi connectivity index (χ2v) is 7.29. The van der Waals surface area contributed by atoms with Gasteiger partial charge in [-0.15, -0.1) is 0 Å². The molecule has 4 aromatic rings. The summed E-state index contributed by atoms with van der Waals surface area (Å²) in [6.07, 6.45) is 1.67. The van der Waals surface area contributed by atoms with Crippen molar-refractivity contribution in [2.75, 3.05) is 5.32 Å². The van der Waals surface area contributed by atoms with Crippen molar-refractivity contribution in [3.8, 4) is 11.1 Å². The molecule has 0 saturated carbocycles. The number of nitrogens with two attached hydrogens (primary N) is 1. The van der Waals surface area contributed by atoms with Gasteiger partial charge in [-0.3, -0.25) is 4.79 Å². The molecule has 30 heavy (non-hydrogen) atoms. The monoisotopic (exact) mass is 397 g/mol. The third-order valence-electron chi connectivity index (χ3n) is 5.17. The fraction of sp³-hybridized carbons (Fsp3) is 0.115. The molecule has 0 aliphatic heterocycles. The summed E-state index contributed by atoms with van der Waals surface area (Å²) in [6, 6.07) is 31.5. The van der Waals surface area contributed by atoms with Gasteiger partial charge in [-0.1, -0.05) is 78.9 Å². The Balaban J connectivity index is 1.53. The summed E-state index contributed by atoms with van der Waals surface area (Å²) in [7, 11) is 0. The van der Waals surface area contributed by atoms with Crippen LogP contribution < -0.4 is 10.6 Å². The van der Waals surface area contributed by atoms with Crippen LogP contribution in [0.25, 0.3) is 11.1 Å². The summed E-state index contributed by atoms with van der Waals surface area (Å²) in [5.74, 6) is 0.774. The van der Waals surface area contributed by atoms with E-state index in [9.17, 15) is 4.79 Å². The molecule has 0 spiro atoms. The zero-order valence-electron chi connectivity index (χ0n) is 16.9. The molecular weight excluding hydrogens is 372 g/mol. The molecule has 4 rings (SSSR count). The Kier molecular flexibility index (Phi) is 6.06. The number of nitrogens with one attached hydrogen (secondary N) is 1. The normalized spacial score (nSPS) is 12.8. The average molecular weight is 397 g/mol. The number of carbonyl (C=O) groups excluding carboxylic acids is 1. The molecule has 0 aliphatic rings. The molecule has 0 saturated heterocycles. The van der Waals surface area contributed by atoms with Gasteiger partial charge in [0.15, 0.2) is 17.8 Å². The smallest absolute Gasteiger partial charge is 0.282 e. The van der Waals surface area contributed by atoms with Gasteiger partial charge in [-0.05, 0) is 30.7 Å². The van der Waals surface area contributed by atoms with E-state index in [4.69, 9.17) is 4.42 Å². The minimum atomic E-state index is -0.316. The molecule has 0 unspecified atom stereocenters. The van der Waals surface area contributed by atoms with Crippen LogP contribution >= 0.6 is 0 Å². The molecule has 0 fully saturated rings. The summed E-state index contributed by atoms with van der Waals surface area (Å²) >= 11 is 0. The largest absolute Gasteiger partial charge is 0.463 e. The van der Waals surface area contributed by atoms with E-state index < -0.39 is 0 Å². The molecule has 150 valence electrons. The summed E-state index contributed by atoms with van der Waals surface area (Å²) in [6.45, 7) is 1.92. The number of furan rings is 1. The Bertz CT molecular complexity index is 1080. The zero-order valence-corrected chi connectivity index (χ0v) is 16.9. The van der Waals surface area contributed by atoms with Crippen LogP contribution in [-0.4, -0.2) is 11.9 Å². The van der Waals surface area contributed by atoms with Crippen LogP contribution in [-0.2, 0) is 4.79 Å². The number of hydrogen-bond acceptors (Lipinski definition) is 2. The van der Waals surface area contributed by atoms with Crippen molar-refractivity contribution < 1.29 is 14.5 Å². The summed E-state index contributed by atoms with van der Waals surface area (Å²) in [5.41, 5.74) is 3.98. The van der Waals surface area contributed by atoms with Gasteiger partial charge in [0.1, 0.15) is 0 Å². The van der Waals surface area contributed by atoms with Crippen molar-refractivity contribution in [1.82, 2.24) is 0 Å². The number of carbonyl (C=O) groups is 1. The first-order chi connectivity index (χ1) is 14.7. The molecule has 0 aliphatic carbocycles. The highest BCUT2D eigenvalue weighted by Gasteiger charge is 2.27. The number of benzene rings is 3. The first-order valence-corrected chi connectivity index (χ1v) is 10.1. The van der Waals surface area contributed by atoms with E-state index in [0.29, 0.717) is 0 Å². The van der Waals surface area contributed by atoms with E-state index in [0.717, 1.165) is 28.1 Å². The highest BCUT2D eigenvalue weighted by Crippen LogP contribution is 2.27.